The maximum Gasteiger partial charge on any atom is 0.123 e. The molecule has 0 radical (unpaired) electrons. The zero-order valence-corrected chi connectivity index (χ0v) is 8.59. The normalized spacial score (nSPS) is 21.4. The molecule has 0 aliphatic carbocycles. The minimum Gasteiger partial charge on any atom is -0.507 e. The van der Waals surface area contributed by atoms with Crippen LogP contribution in [-0.4, -0.2) is 11.7 Å². The Balaban J connectivity index is 2.32. The highest BCUT2D eigenvalue weighted by atomic mass is 16.3. The highest BCUT2D eigenvalue weighted by Crippen LogP contribution is 2.32. The van der Waals surface area contributed by atoms with E-state index in [4.69, 9.17) is 0 Å². The second-order valence-corrected chi connectivity index (χ2v) is 3.86. The number of aryl methyl sites for hydroxylation is 1. The van der Waals surface area contributed by atoms with Crippen LogP contribution in [-0.2, 0) is 6.42 Å². The van der Waals surface area contributed by atoms with Crippen molar-refractivity contribution >= 4 is 0 Å². The van der Waals surface area contributed by atoms with Gasteiger partial charge in [0.15, 0.2) is 0 Å². The van der Waals surface area contributed by atoms with Crippen LogP contribution in [0.15, 0.2) is 18.2 Å². The number of hydrogen-bond donors (Lipinski definition) is 2. The molecule has 1 aromatic rings. The number of benzene rings is 1. The van der Waals surface area contributed by atoms with E-state index in [-0.39, 0.29) is 0 Å². The van der Waals surface area contributed by atoms with Crippen LogP contribution >= 0.6 is 0 Å². The summed E-state index contributed by atoms with van der Waals surface area (Å²) < 4.78 is 0. The molecule has 0 saturated carbocycles. The van der Waals surface area contributed by atoms with E-state index in [1.807, 2.05) is 18.2 Å². The largest absolute Gasteiger partial charge is 0.507 e. The van der Waals surface area contributed by atoms with Gasteiger partial charge in [-0.15, -0.1) is 0 Å². The van der Waals surface area contributed by atoms with Crippen molar-refractivity contribution in [2.24, 2.45) is 0 Å². The molecule has 0 amide bonds. The van der Waals surface area contributed by atoms with Crippen molar-refractivity contribution in [3.8, 4) is 5.75 Å². The van der Waals surface area contributed by atoms with E-state index < -0.39 is 0 Å². The number of aromatic hydroxyl groups is 1. The third kappa shape index (κ3) is 1.62. The van der Waals surface area contributed by atoms with Crippen LogP contribution < -0.4 is 5.32 Å². The third-order valence-corrected chi connectivity index (χ3v) is 2.97. The van der Waals surface area contributed by atoms with E-state index in [1.54, 1.807) is 0 Å². The molecule has 1 saturated heterocycles. The summed E-state index contributed by atoms with van der Waals surface area (Å²) in [5.74, 6) is 0.495. The molecule has 0 unspecified atom stereocenters. The molecule has 2 heteroatoms. The Kier molecular flexibility index (Phi) is 2.73. The fourth-order valence-corrected chi connectivity index (χ4v) is 2.13. The predicted octanol–water partition coefficient (Wildman–Crippen LogP) is 2.38. The van der Waals surface area contributed by atoms with Crippen LogP contribution in [0, 0.1) is 0 Å². The number of para-hydroxylation sites is 1. The summed E-state index contributed by atoms with van der Waals surface area (Å²) >= 11 is 0. The quantitative estimate of drug-likeness (QED) is 0.752. The molecule has 1 heterocycles. The van der Waals surface area contributed by atoms with Crippen molar-refractivity contribution in [3.05, 3.63) is 29.3 Å². The summed E-state index contributed by atoms with van der Waals surface area (Å²) in [7, 11) is 0. The number of rotatable bonds is 2. The molecular weight excluding hydrogens is 174 g/mol. The Hall–Kier alpha value is -1.02. The fraction of sp³-hybridized carbons (Fsp3) is 0.500. The standard InChI is InChI=1S/C12H17NO/c1-2-9-5-3-6-10(12(9)14)11-7-4-8-13-11/h3,5-6,11,13-14H,2,4,7-8H2,1H3/t11-/m1/s1. The minimum absolute atomic E-state index is 0.362. The van der Waals surface area contributed by atoms with Crippen molar-refractivity contribution in [2.75, 3.05) is 6.54 Å². The average molecular weight is 191 g/mol. The lowest BCUT2D eigenvalue weighted by Gasteiger charge is -2.14. The van der Waals surface area contributed by atoms with E-state index in [9.17, 15) is 5.11 Å². The smallest absolute Gasteiger partial charge is 0.123 e. The predicted molar refractivity (Wildman–Crippen MR) is 57.5 cm³/mol. The first-order chi connectivity index (χ1) is 6.83. The van der Waals surface area contributed by atoms with Crippen molar-refractivity contribution in [1.82, 2.24) is 5.32 Å². The first-order valence-electron chi connectivity index (χ1n) is 5.37. The molecule has 1 aliphatic rings. The number of hydrogen-bond acceptors (Lipinski definition) is 2. The Labute approximate surface area is 85.0 Å². The van der Waals surface area contributed by atoms with Gasteiger partial charge in [0.1, 0.15) is 5.75 Å². The van der Waals surface area contributed by atoms with E-state index >= 15 is 0 Å². The second kappa shape index (κ2) is 4.01. The van der Waals surface area contributed by atoms with Gasteiger partial charge in [-0.2, -0.15) is 0 Å². The van der Waals surface area contributed by atoms with Gasteiger partial charge in [0, 0.05) is 11.6 Å². The first-order valence-corrected chi connectivity index (χ1v) is 5.37. The molecule has 2 nitrogen and oxygen atoms in total. The molecule has 1 atom stereocenters. The second-order valence-electron chi connectivity index (χ2n) is 3.86. The van der Waals surface area contributed by atoms with Gasteiger partial charge >= 0.3 is 0 Å². The van der Waals surface area contributed by atoms with Gasteiger partial charge in [0.2, 0.25) is 0 Å². The van der Waals surface area contributed by atoms with Crippen LogP contribution in [0.3, 0.4) is 0 Å². The molecule has 1 aliphatic heterocycles. The summed E-state index contributed by atoms with van der Waals surface area (Å²) in [4.78, 5) is 0. The summed E-state index contributed by atoms with van der Waals surface area (Å²) in [6.07, 6.45) is 3.24. The molecular formula is C12H17NO. The highest BCUT2D eigenvalue weighted by Gasteiger charge is 2.19. The molecule has 76 valence electrons. The summed E-state index contributed by atoms with van der Waals surface area (Å²) in [6, 6.07) is 6.42. The van der Waals surface area contributed by atoms with Crippen LogP contribution in [0.2, 0.25) is 0 Å². The van der Waals surface area contributed by atoms with Crippen molar-refractivity contribution in [2.45, 2.75) is 32.2 Å². The van der Waals surface area contributed by atoms with Gasteiger partial charge in [-0.3, -0.25) is 0 Å². The van der Waals surface area contributed by atoms with E-state index in [2.05, 4.69) is 12.2 Å². The number of phenols is 1. The molecule has 2 rings (SSSR count). The molecule has 1 aromatic carbocycles. The van der Waals surface area contributed by atoms with Crippen molar-refractivity contribution in [3.63, 3.8) is 0 Å². The van der Waals surface area contributed by atoms with Crippen molar-refractivity contribution in [1.29, 1.82) is 0 Å². The monoisotopic (exact) mass is 191 g/mol. The van der Waals surface area contributed by atoms with E-state index in [0.717, 1.165) is 30.5 Å². The first kappa shape index (κ1) is 9.53. The molecule has 0 aromatic heterocycles. The van der Waals surface area contributed by atoms with Crippen LogP contribution in [0.25, 0.3) is 0 Å². The fourth-order valence-electron chi connectivity index (χ4n) is 2.13. The van der Waals surface area contributed by atoms with E-state index in [0.29, 0.717) is 11.8 Å². The summed E-state index contributed by atoms with van der Waals surface area (Å²) in [6.45, 7) is 3.14. The van der Waals surface area contributed by atoms with Gasteiger partial charge in [0.05, 0.1) is 0 Å². The van der Waals surface area contributed by atoms with Gasteiger partial charge in [0.25, 0.3) is 0 Å². The maximum atomic E-state index is 10.0. The topological polar surface area (TPSA) is 32.3 Å². The van der Waals surface area contributed by atoms with E-state index in [1.165, 1.54) is 6.42 Å². The van der Waals surface area contributed by atoms with Crippen LogP contribution in [0.1, 0.15) is 36.9 Å². The average Bonchev–Trinajstić information content (AvgIpc) is 2.71. The van der Waals surface area contributed by atoms with Crippen LogP contribution in [0.4, 0.5) is 0 Å². The lowest BCUT2D eigenvalue weighted by atomic mass is 10.00. The van der Waals surface area contributed by atoms with Gasteiger partial charge in [-0.05, 0) is 31.4 Å². The summed E-state index contributed by atoms with van der Waals surface area (Å²) in [5, 5.41) is 13.4. The van der Waals surface area contributed by atoms with Gasteiger partial charge in [-0.25, -0.2) is 0 Å². The number of nitrogens with one attached hydrogen (secondary N) is 1. The molecule has 0 bridgehead atoms. The number of phenolic OH excluding ortho intramolecular Hbond substituents is 1. The minimum atomic E-state index is 0.362. The Morgan fingerprint density at radius 1 is 1.50 bits per heavy atom. The Morgan fingerprint density at radius 3 is 3.00 bits per heavy atom. The maximum absolute atomic E-state index is 10.0. The molecule has 14 heavy (non-hydrogen) atoms. The SMILES string of the molecule is CCc1cccc([C@H]2CCCN2)c1O. The van der Waals surface area contributed by atoms with Gasteiger partial charge < -0.3 is 10.4 Å². The Bertz CT molecular complexity index is 316. The third-order valence-electron chi connectivity index (χ3n) is 2.97. The zero-order chi connectivity index (χ0) is 9.97. The van der Waals surface area contributed by atoms with Crippen LogP contribution in [0.5, 0.6) is 5.75 Å². The summed E-state index contributed by atoms with van der Waals surface area (Å²) in [5.41, 5.74) is 2.12. The van der Waals surface area contributed by atoms with Gasteiger partial charge in [-0.1, -0.05) is 25.1 Å². The highest BCUT2D eigenvalue weighted by molar-refractivity contribution is 5.42. The molecule has 0 spiro atoms. The lowest BCUT2D eigenvalue weighted by molar-refractivity contribution is 0.451. The molecule has 1 fully saturated rings. The Morgan fingerprint density at radius 2 is 2.36 bits per heavy atom. The van der Waals surface area contributed by atoms with Crippen molar-refractivity contribution < 1.29 is 5.11 Å². The zero-order valence-electron chi connectivity index (χ0n) is 8.59. The molecule has 2 N–H and O–H groups in total. The lowest BCUT2D eigenvalue weighted by Crippen LogP contribution is -2.13.